The standard InChI is InChI=1S/C38H32FN5O.Pd/c1-23-18-29(42(5)6)19-24(2)37(23)38-25(3)41-44(26(38)4)28-10-9-11-30(21-28)45-31-14-15-33-32-12-7-8-13-34(32)43(35(33)22-31)36-20-27(39)16-17-40-36;/h7-20H,1-6H3;/q-2;+2. The molecule has 0 aliphatic rings. The van der Waals surface area contributed by atoms with Crippen LogP contribution in [0.25, 0.3) is 44.4 Å². The number of ether oxygens (including phenoxy) is 1. The number of hydrogen-bond acceptors (Lipinski definition) is 4. The van der Waals surface area contributed by atoms with E-state index in [-0.39, 0.29) is 26.2 Å². The molecule has 46 heavy (non-hydrogen) atoms. The molecule has 0 radical (unpaired) electrons. The Balaban J connectivity index is 0.00000372. The predicted molar refractivity (Wildman–Crippen MR) is 179 cm³/mol. The van der Waals surface area contributed by atoms with Crippen molar-refractivity contribution in [2.75, 3.05) is 19.0 Å². The fourth-order valence-corrected chi connectivity index (χ4v) is 6.26. The molecule has 7 aromatic rings. The van der Waals surface area contributed by atoms with Gasteiger partial charge in [0.25, 0.3) is 0 Å². The van der Waals surface area contributed by atoms with Crippen LogP contribution in [0.4, 0.5) is 10.1 Å². The van der Waals surface area contributed by atoms with Gasteiger partial charge in [-0.2, -0.15) is 17.2 Å². The fourth-order valence-electron chi connectivity index (χ4n) is 6.26. The van der Waals surface area contributed by atoms with Crippen molar-refractivity contribution in [3.8, 4) is 34.1 Å². The summed E-state index contributed by atoms with van der Waals surface area (Å²) in [6, 6.07) is 31.7. The van der Waals surface area contributed by atoms with Crippen molar-refractivity contribution in [1.29, 1.82) is 0 Å². The zero-order chi connectivity index (χ0) is 31.4. The van der Waals surface area contributed by atoms with E-state index in [1.807, 2.05) is 63.8 Å². The number of benzene rings is 4. The van der Waals surface area contributed by atoms with Crippen molar-refractivity contribution in [3.05, 3.63) is 126 Å². The van der Waals surface area contributed by atoms with E-state index in [1.165, 1.54) is 40.7 Å². The summed E-state index contributed by atoms with van der Waals surface area (Å²) in [4.78, 5) is 6.57. The number of anilines is 1. The van der Waals surface area contributed by atoms with Gasteiger partial charge >= 0.3 is 20.4 Å². The molecule has 0 unspecified atom stereocenters. The van der Waals surface area contributed by atoms with Gasteiger partial charge in [0.15, 0.2) is 0 Å². The van der Waals surface area contributed by atoms with Crippen LogP contribution in [-0.4, -0.2) is 33.4 Å². The van der Waals surface area contributed by atoms with Crippen molar-refractivity contribution >= 4 is 27.5 Å². The number of para-hydroxylation sites is 1. The zero-order valence-corrected chi connectivity index (χ0v) is 28.0. The third-order valence-electron chi connectivity index (χ3n) is 8.27. The van der Waals surface area contributed by atoms with Crippen molar-refractivity contribution in [3.63, 3.8) is 0 Å². The van der Waals surface area contributed by atoms with E-state index >= 15 is 0 Å². The summed E-state index contributed by atoms with van der Waals surface area (Å²) in [5.41, 5.74) is 10.4. The first-order valence-corrected chi connectivity index (χ1v) is 14.8. The Morgan fingerprint density at radius 1 is 0.783 bits per heavy atom. The van der Waals surface area contributed by atoms with Crippen LogP contribution in [0.2, 0.25) is 0 Å². The van der Waals surface area contributed by atoms with Gasteiger partial charge < -0.3 is 14.2 Å². The number of aryl methyl sites for hydroxylation is 3. The molecule has 8 heteroatoms. The van der Waals surface area contributed by atoms with Crippen molar-refractivity contribution < 1.29 is 29.6 Å². The summed E-state index contributed by atoms with van der Waals surface area (Å²) in [5.74, 6) is 1.17. The maximum Gasteiger partial charge on any atom is 2.00 e. The molecule has 0 aliphatic carbocycles. The molecule has 7 rings (SSSR count). The van der Waals surface area contributed by atoms with E-state index in [0.29, 0.717) is 17.3 Å². The van der Waals surface area contributed by atoms with E-state index in [2.05, 4.69) is 75.9 Å². The summed E-state index contributed by atoms with van der Waals surface area (Å²) in [7, 11) is 4.12. The van der Waals surface area contributed by atoms with Gasteiger partial charge in [0.1, 0.15) is 11.6 Å². The molecule has 0 atom stereocenters. The van der Waals surface area contributed by atoms with E-state index in [0.717, 1.165) is 44.4 Å². The monoisotopic (exact) mass is 699 g/mol. The Hall–Kier alpha value is -4.77. The predicted octanol–water partition coefficient (Wildman–Crippen LogP) is 8.86. The topological polar surface area (TPSA) is 48.1 Å². The molecule has 4 aromatic carbocycles. The fraction of sp³-hybridized carbons (Fsp3) is 0.158. The maximum absolute atomic E-state index is 14.2. The molecule has 0 fully saturated rings. The van der Waals surface area contributed by atoms with Gasteiger partial charge in [-0.1, -0.05) is 23.7 Å². The van der Waals surface area contributed by atoms with E-state index in [4.69, 9.17) is 9.84 Å². The van der Waals surface area contributed by atoms with Crippen LogP contribution in [0.3, 0.4) is 0 Å². The summed E-state index contributed by atoms with van der Waals surface area (Å²) >= 11 is 0. The van der Waals surface area contributed by atoms with Crippen LogP contribution in [0.1, 0.15) is 22.5 Å². The van der Waals surface area contributed by atoms with Crippen LogP contribution in [0.5, 0.6) is 11.5 Å². The second-order valence-corrected chi connectivity index (χ2v) is 11.6. The molecule has 0 bridgehead atoms. The van der Waals surface area contributed by atoms with Gasteiger partial charge in [-0.25, -0.2) is 9.37 Å². The minimum atomic E-state index is -0.354. The smallest absolute Gasteiger partial charge is 0.509 e. The Kier molecular flexibility index (Phi) is 8.28. The molecule has 0 N–H and O–H groups in total. The van der Waals surface area contributed by atoms with E-state index in [9.17, 15) is 4.39 Å². The number of pyridine rings is 1. The first kappa shape index (κ1) is 31.2. The number of aromatic nitrogens is 4. The Morgan fingerprint density at radius 3 is 2.26 bits per heavy atom. The molecular weight excluding hydrogens is 668 g/mol. The summed E-state index contributed by atoms with van der Waals surface area (Å²) in [6.45, 7) is 8.46. The maximum atomic E-state index is 14.2. The zero-order valence-electron chi connectivity index (χ0n) is 26.4. The second-order valence-electron chi connectivity index (χ2n) is 11.6. The van der Waals surface area contributed by atoms with Crippen LogP contribution in [0.15, 0.2) is 85.1 Å². The summed E-state index contributed by atoms with van der Waals surface area (Å²) in [6.07, 6.45) is 1.47. The van der Waals surface area contributed by atoms with Crippen LogP contribution < -0.4 is 9.64 Å². The molecule has 0 spiro atoms. The molecule has 0 saturated carbocycles. The van der Waals surface area contributed by atoms with E-state index in [1.54, 1.807) is 0 Å². The number of hydrogen-bond donors (Lipinski definition) is 0. The quantitative estimate of drug-likeness (QED) is 0.129. The normalized spacial score (nSPS) is 11.2. The molecule has 3 heterocycles. The Morgan fingerprint density at radius 2 is 1.52 bits per heavy atom. The third kappa shape index (κ3) is 5.38. The third-order valence-corrected chi connectivity index (χ3v) is 8.27. The molecule has 3 aromatic heterocycles. The van der Waals surface area contributed by atoms with Crippen molar-refractivity contribution in [2.45, 2.75) is 27.7 Å². The first-order valence-electron chi connectivity index (χ1n) is 14.8. The van der Waals surface area contributed by atoms with Gasteiger partial charge in [-0.05, 0) is 79.7 Å². The van der Waals surface area contributed by atoms with E-state index < -0.39 is 0 Å². The largest absolute Gasteiger partial charge is 2.00 e. The molecular formula is C38H32FN5OPd. The number of halogens is 1. The van der Waals surface area contributed by atoms with Gasteiger partial charge in [0.2, 0.25) is 0 Å². The molecule has 0 amide bonds. The molecule has 0 saturated heterocycles. The number of fused-ring (bicyclic) bond motifs is 3. The van der Waals surface area contributed by atoms with Gasteiger partial charge in [0, 0.05) is 60.3 Å². The minimum Gasteiger partial charge on any atom is -0.509 e. The Bertz CT molecular complexity index is 2230. The van der Waals surface area contributed by atoms with Crippen LogP contribution in [0, 0.1) is 45.6 Å². The molecule has 6 nitrogen and oxygen atoms in total. The number of nitrogens with zero attached hydrogens (tertiary/aromatic N) is 5. The number of rotatable bonds is 6. The molecule has 232 valence electrons. The average molecular weight is 700 g/mol. The van der Waals surface area contributed by atoms with Crippen LogP contribution in [-0.2, 0) is 20.4 Å². The summed E-state index contributed by atoms with van der Waals surface area (Å²) < 4.78 is 24.4. The minimum absolute atomic E-state index is 0. The second kappa shape index (κ2) is 12.2. The first-order chi connectivity index (χ1) is 21.7. The molecule has 0 aliphatic heterocycles. The van der Waals surface area contributed by atoms with Gasteiger partial charge in [0.05, 0.1) is 5.69 Å². The van der Waals surface area contributed by atoms with Crippen molar-refractivity contribution in [1.82, 2.24) is 19.3 Å². The summed E-state index contributed by atoms with van der Waals surface area (Å²) in [5, 5.41) is 6.93. The van der Waals surface area contributed by atoms with Crippen molar-refractivity contribution in [2.24, 2.45) is 0 Å². The Labute approximate surface area is 281 Å². The van der Waals surface area contributed by atoms with Gasteiger partial charge in [-0.15, -0.1) is 35.7 Å². The SMILES string of the molecule is Cc1cc(N(C)C)cc(C)c1-c1c(C)nn(-c2[c-]c(Oc3[c-]c4c(cc3)c3ccccc3n4-c3cc(F)ccn3)ccc2)c1C.[Pd+2]. The average Bonchev–Trinajstić information content (AvgIpc) is 3.50. The van der Waals surface area contributed by atoms with Crippen LogP contribution >= 0.6 is 0 Å². The van der Waals surface area contributed by atoms with Gasteiger partial charge in [-0.3, -0.25) is 4.68 Å².